The van der Waals surface area contributed by atoms with Gasteiger partial charge in [-0.3, -0.25) is 9.59 Å². The van der Waals surface area contributed by atoms with Crippen molar-refractivity contribution in [3.63, 3.8) is 0 Å². The number of thiophene rings is 1. The van der Waals surface area contributed by atoms with Crippen LogP contribution in [0.4, 0.5) is 5.69 Å². The highest BCUT2D eigenvalue weighted by molar-refractivity contribution is 7.10. The number of nitrogens with zero attached hydrogens (tertiary/aromatic N) is 2. The Bertz CT molecular complexity index is 840. The Morgan fingerprint density at radius 3 is 2.59 bits per heavy atom. The molecule has 4 rings (SSSR count). The second-order valence-electron chi connectivity index (χ2n) is 7.88. The van der Waals surface area contributed by atoms with Gasteiger partial charge >= 0.3 is 0 Å². The monoisotopic (exact) mass is 433 g/mol. The zero-order valence-electron chi connectivity index (χ0n) is 16.6. The lowest BCUT2D eigenvalue weighted by atomic mass is 9.86. The number of carbonyl (C=O) groups excluding carboxylic acids is 2. The van der Waals surface area contributed by atoms with E-state index >= 15 is 0 Å². The number of carbonyl (C=O) groups is 2. The second-order valence-corrected chi connectivity index (χ2v) is 8.86. The summed E-state index contributed by atoms with van der Waals surface area (Å²) in [5.41, 5.74) is 7.84. The molecule has 2 saturated heterocycles. The largest absolute Gasteiger partial charge is 0.342 e. The third kappa shape index (κ3) is 4.34. The van der Waals surface area contributed by atoms with Crippen molar-refractivity contribution in [1.29, 1.82) is 0 Å². The van der Waals surface area contributed by atoms with Crippen molar-refractivity contribution in [3.8, 4) is 0 Å². The van der Waals surface area contributed by atoms with E-state index in [2.05, 4.69) is 0 Å². The zero-order chi connectivity index (χ0) is 19.7. The maximum absolute atomic E-state index is 13.5. The fourth-order valence-electron chi connectivity index (χ4n) is 4.41. The molecule has 0 aliphatic carbocycles. The molecule has 0 bridgehead atoms. The van der Waals surface area contributed by atoms with Crippen molar-refractivity contribution in [2.45, 2.75) is 32.2 Å². The Hall–Kier alpha value is -1.89. The van der Waals surface area contributed by atoms with Gasteiger partial charge in [0, 0.05) is 30.1 Å². The number of piperidine rings is 1. The van der Waals surface area contributed by atoms with E-state index in [4.69, 9.17) is 5.73 Å². The molecule has 0 radical (unpaired) electrons. The van der Waals surface area contributed by atoms with Gasteiger partial charge < -0.3 is 15.5 Å². The van der Waals surface area contributed by atoms with E-state index in [1.54, 1.807) is 11.3 Å². The van der Waals surface area contributed by atoms with Gasteiger partial charge in [-0.2, -0.15) is 0 Å². The van der Waals surface area contributed by atoms with Gasteiger partial charge in [0.25, 0.3) is 0 Å². The SMILES string of the molecule is Cc1ccc(N2C(=O)CCC(C(=O)N3CCC(CN)C3)C2c2cccs2)cc1.Cl. The van der Waals surface area contributed by atoms with Crippen LogP contribution in [0.1, 0.15) is 35.7 Å². The Morgan fingerprint density at radius 1 is 1.21 bits per heavy atom. The standard InChI is InChI=1S/C22H27N3O2S.ClH/c1-15-4-6-17(7-5-15)25-20(26)9-8-18(21(25)19-3-2-12-28-19)22(27)24-11-10-16(13-23)14-24;/h2-7,12,16,18,21H,8-11,13-14,23H2,1H3;1H. The lowest BCUT2D eigenvalue weighted by molar-refractivity contribution is -0.137. The number of hydrogen-bond acceptors (Lipinski definition) is 4. The van der Waals surface area contributed by atoms with Crippen LogP contribution in [-0.4, -0.2) is 36.3 Å². The number of nitrogens with two attached hydrogens (primary N) is 1. The number of benzene rings is 1. The third-order valence-corrected chi connectivity index (χ3v) is 6.94. The number of rotatable bonds is 4. The molecule has 2 aromatic rings. The molecule has 2 aliphatic heterocycles. The Labute approximate surface area is 182 Å². The number of hydrogen-bond donors (Lipinski definition) is 1. The molecular weight excluding hydrogens is 406 g/mol. The van der Waals surface area contributed by atoms with Gasteiger partial charge in [-0.25, -0.2) is 0 Å². The van der Waals surface area contributed by atoms with Crippen LogP contribution in [0.3, 0.4) is 0 Å². The number of anilines is 1. The van der Waals surface area contributed by atoms with E-state index in [0.717, 1.165) is 35.6 Å². The molecule has 7 heteroatoms. The average molecular weight is 434 g/mol. The summed E-state index contributed by atoms with van der Waals surface area (Å²) in [7, 11) is 0. The highest BCUT2D eigenvalue weighted by Gasteiger charge is 2.44. The lowest BCUT2D eigenvalue weighted by Crippen LogP contribution is -2.48. The van der Waals surface area contributed by atoms with Crippen LogP contribution in [0.5, 0.6) is 0 Å². The molecular formula is C22H28ClN3O2S. The minimum absolute atomic E-state index is 0. The Morgan fingerprint density at radius 2 is 1.97 bits per heavy atom. The van der Waals surface area contributed by atoms with Crippen molar-refractivity contribution in [1.82, 2.24) is 4.90 Å². The molecule has 3 unspecified atom stereocenters. The highest BCUT2D eigenvalue weighted by Crippen LogP contribution is 2.42. The first-order valence-corrected chi connectivity index (χ1v) is 10.9. The summed E-state index contributed by atoms with van der Waals surface area (Å²) in [5, 5.41) is 2.02. The van der Waals surface area contributed by atoms with Crippen LogP contribution >= 0.6 is 23.7 Å². The summed E-state index contributed by atoms with van der Waals surface area (Å²) in [6.45, 7) is 4.16. The molecule has 3 heterocycles. The van der Waals surface area contributed by atoms with Gasteiger partial charge in [0.2, 0.25) is 11.8 Å². The quantitative estimate of drug-likeness (QED) is 0.798. The van der Waals surface area contributed by atoms with Gasteiger partial charge in [0.05, 0.1) is 12.0 Å². The molecule has 5 nitrogen and oxygen atoms in total. The van der Waals surface area contributed by atoms with E-state index in [1.807, 2.05) is 58.5 Å². The average Bonchev–Trinajstić information content (AvgIpc) is 3.40. The molecule has 1 aromatic heterocycles. The number of amides is 2. The van der Waals surface area contributed by atoms with E-state index < -0.39 is 0 Å². The summed E-state index contributed by atoms with van der Waals surface area (Å²) in [4.78, 5) is 31.3. The maximum atomic E-state index is 13.5. The first-order valence-electron chi connectivity index (χ1n) is 9.99. The molecule has 0 spiro atoms. The molecule has 2 N–H and O–H groups in total. The highest BCUT2D eigenvalue weighted by atomic mass is 35.5. The van der Waals surface area contributed by atoms with Gasteiger partial charge in [-0.15, -0.1) is 23.7 Å². The van der Waals surface area contributed by atoms with Gasteiger partial charge in [0.1, 0.15) is 0 Å². The first-order chi connectivity index (χ1) is 13.6. The van der Waals surface area contributed by atoms with Gasteiger partial charge in [-0.05, 0) is 55.8 Å². The van der Waals surface area contributed by atoms with Crippen molar-refractivity contribution in [2.75, 3.05) is 24.5 Å². The molecule has 2 amide bonds. The summed E-state index contributed by atoms with van der Waals surface area (Å²) in [5.74, 6) is 0.434. The van der Waals surface area contributed by atoms with Gasteiger partial charge in [0.15, 0.2) is 0 Å². The fourth-order valence-corrected chi connectivity index (χ4v) is 5.29. The van der Waals surface area contributed by atoms with Crippen LogP contribution in [-0.2, 0) is 9.59 Å². The van der Waals surface area contributed by atoms with E-state index in [0.29, 0.717) is 25.3 Å². The minimum atomic E-state index is -0.242. The second kappa shape index (κ2) is 9.28. The molecule has 0 saturated carbocycles. The molecule has 156 valence electrons. The van der Waals surface area contributed by atoms with Crippen LogP contribution < -0.4 is 10.6 Å². The lowest BCUT2D eigenvalue weighted by Gasteiger charge is -2.41. The van der Waals surface area contributed by atoms with E-state index in [1.165, 1.54) is 0 Å². The molecule has 2 fully saturated rings. The molecule has 29 heavy (non-hydrogen) atoms. The van der Waals surface area contributed by atoms with Gasteiger partial charge in [-0.1, -0.05) is 23.8 Å². The topological polar surface area (TPSA) is 66.6 Å². The van der Waals surface area contributed by atoms with Crippen molar-refractivity contribution in [3.05, 3.63) is 52.2 Å². The Kier molecular flexibility index (Phi) is 6.98. The van der Waals surface area contributed by atoms with Crippen molar-refractivity contribution >= 4 is 41.2 Å². The predicted molar refractivity (Wildman–Crippen MR) is 119 cm³/mol. The van der Waals surface area contributed by atoms with E-state index in [9.17, 15) is 9.59 Å². The maximum Gasteiger partial charge on any atom is 0.228 e. The minimum Gasteiger partial charge on any atom is -0.342 e. The summed E-state index contributed by atoms with van der Waals surface area (Å²) in [6, 6.07) is 11.8. The molecule has 1 aromatic carbocycles. The summed E-state index contributed by atoms with van der Waals surface area (Å²) < 4.78 is 0. The van der Waals surface area contributed by atoms with Crippen molar-refractivity contribution in [2.24, 2.45) is 17.6 Å². The van der Waals surface area contributed by atoms with Crippen LogP contribution in [0.2, 0.25) is 0 Å². The molecule has 3 atom stereocenters. The van der Waals surface area contributed by atoms with Crippen LogP contribution in [0.15, 0.2) is 41.8 Å². The normalized spacial score (nSPS) is 24.5. The van der Waals surface area contributed by atoms with Crippen molar-refractivity contribution < 1.29 is 9.59 Å². The van der Waals surface area contributed by atoms with Crippen LogP contribution in [0.25, 0.3) is 0 Å². The predicted octanol–water partition coefficient (Wildman–Crippen LogP) is 3.77. The number of aryl methyl sites for hydroxylation is 1. The zero-order valence-corrected chi connectivity index (χ0v) is 18.3. The number of likely N-dealkylation sites (tertiary alicyclic amines) is 1. The fraction of sp³-hybridized carbons (Fsp3) is 0.455. The number of halogens is 1. The molecule has 2 aliphatic rings. The third-order valence-electron chi connectivity index (χ3n) is 5.99. The van der Waals surface area contributed by atoms with E-state index in [-0.39, 0.29) is 36.2 Å². The van der Waals surface area contributed by atoms with Crippen LogP contribution in [0, 0.1) is 18.8 Å². The smallest absolute Gasteiger partial charge is 0.228 e. The summed E-state index contributed by atoms with van der Waals surface area (Å²) in [6.07, 6.45) is 1.98. The first kappa shape index (κ1) is 21.8. The summed E-state index contributed by atoms with van der Waals surface area (Å²) >= 11 is 1.62. The Balaban J connectivity index is 0.00000240.